The molecule has 1 saturated carbocycles. The average Bonchev–Trinajstić information content (AvgIpc) is 2.99. The Morgan fingerprint density at radius 2 is 2.10 bits per heavy atom. The quantitative estimate of drug-likeness (QED) is 0.744. The molecule has 1 saturated heterocycles. The van der Waals surface area contributed by atoms with Crippen LogP contribution in [-0.2, 0) is 4.74 Å². The zero-order chi connectivity index (χ0) is 15.1. The number of rotatable bonds is 8. The van der Waals surface area contributed by atoms with Gasteiger partial charge in [0, 0.05) is 18.7 Å². The van der Waals surface area contributed by atoms with Gasteiger partial charge in [0.05, 0.1) is 6.10 Å². The van der Waals surface area contributed by atoms with Crippen LogP contribution >= 0.6 is 0 Å². The van der Waals surface area contributed by atoms with Crippen molar-refractivity contribution in [1.29, 1.82) is 0 Å². The standard InChI is InChI=1S/C18H36N2O/c1-3-11-20(12-5-8-17-9-6-13-21-17)18(15-19)10-4-7-16(2)14-18/h16-17H,3-15,19H2,1-2H3. The summed E-state index contributed by atoms with van der Waals surface area (Å²) in [5, 5.41) is 0. The molecule has 0 radical (unpaired) electrons. The highest BCUT2D eigenvalue weighted by Gasteiger charge is 2.38. The highest BCUT2D eigenvalue weighted by Crippen LogP contribution is 2.36. The first-order valence-electron chi connectivity index (χ1n) is 9.27. The number of nitrogens with zero attached hydrogens (tertiary/aromatic N) is 1. The van der Waals surface area contributed by atoms with Crippen LogP contribution in [0.1, 0.15) is 71.6 Å². The van der Waals surface area contributed by atoms with Crippen molar-refractivity contribution >= 4 is 0 Å². The van der Waals surface area contributed by atoms with Crippen molar-refractivity contribution in [3.05, 3.63) is 0 Å². The molecule has 0 bridgehead atoms. The number of ether oxygens (including phenoxy) is 1. The van der Waals surface area contributed by atoms with Crippen molar-refractivity contribution in [1.82, 2.24) is 4.90 Å². The van der Waals surface area contributed by atoms with Gasteiger partial charge in [-0.15, -0.1) is 0 Å². The van der Waals surface area contributed by atoms with Crippen LogP contribution in [0.2, 0.25) is 0 Å². The number of hydrogen-bond donors (Lipinski definition) is 1. The van der Waals surface area contributed by atoms with Gasteiger partial charge in [-0.1, -0.05) is 26.7 Å². The second-order valence-electron chi connectivity index (χ2n) is 7.39. The minimum atomic E-state index is 0.282. The molecule has 3 atom stereocenters. The first kappa shape index (κ1) is 17.2. The predicted molar refractivity (Wildman–Crippen MR) is 89.5 cm³/mol. The lowest BCUT2D eigenvalue weighted by molar-refractivity contribution is 0.0320. The van der Waals surface area contributed by atoms with Crippen LogP contribution < -0.4 is 5.73 Å². The van der Waals surface area contributed by atoms with Gasteiger partial charge in [0.25, 0.3) is 0 Å². The Balaban J connectivity index is 1.88. The number of nitrogens with two attached hydrogens (primary N) is 1. The minimum Gasteiger partial charge on any atom is -0.378 e. The summed E-state index contributed by atoms with van der Waals surface area (Å²) in [5.74, 6) is 0.833. The van der Waals surface area contributed by atoms with Gasteiger partial charge in [-0.05, 0) is 64.0 Å². The van der Waals surface area contributed by atoms with Crippen LogP contribution in [0.15, 0.2) is 0 Å². The molecule has 0 aromatic heterocycles. The summed E-state index contributed by atoms with van der Waals surface area (Å²) in [6.45, 7) is 8.92. The lowest BCUT2D eigenvalue weighted by Gasteiger charge is -2.48. The molecule has 0 spiro atoms. The maximum atomic E-state index is 6.26. The van der Waals surface area contributed by atoms with Crippen molar-refractivity contribution in [3.8, 4) is 0 Å². The maximum absolute atomic E-state index is 6.26. The normalized spacial score (nSPS) is 33.7. The first-order chi connectivity index (χ1) is 10.2. The molecule has 2 aliphatic rings. The molecule has 0 aromatic rings. The third-order valence-electron chi connectivity index (χ3n) is 5.59. The molecule has 3 heteroatoms. The van der Waals surface area contributed by atoms with Gasteiger partial charge in [0.15, 0.2) is 0 Å². The van der Waals surface area contributed by atoms with E-state index in [0.29, 0.717) is 6.10 Å². The molecule has 0 aromatic carbocycles. The van der Waals surface area contributed by atoms with E-state index in [1.165, 1.54) is 70.9 Å². The first-order valence-corrected chi connectivity index (χ1v) is 9.27. The second kappa shape index (κ2) is 8.50. The predicted octanol–water partition coefficient (Wildman–Crippen LogP) is 3.57. The Hall–Kier alpha value is -0.120. The van der Waals surface area contributed by atoms with E-state index in [4.69, 9.17) is 10.5 Å². The van der Waals surface area contributed by atoms with E-state index in [-0.39, 0.29) is 5.54 Å². The van der Waals surface area contributed by atoms with Crippen molar-refractivity contribution in [2.45, 2.75) is 83.3 Å². The summed E-state index contributed by atoms with van der Waals surface area (Å²) < 4.78 is 5.77. The molecule has 21 heavy (non-hydrogen) atoms. The van der Waals surface area contributed by atoms with E-state index in [0.717, 1.165) is 19.1 Å². The van der Waals surface area contributed by atoms with E-state index in [2.05, 4.69) is 18.7 Å². The molecule has 1 aliphatic heterocycles. The molecule has 1 aliphatic carbocycles. The van der Waals surface area contributed by atoms with Crippen molar-refractivity contribution in [3.63, 3.8) is 0 Å². The van der Waals surface area contributed by atoms with E-state index in [9.17, 15) is 0 Å². The molecular weight excluding hydrogens is 260 g/mol. The van der Waals surface area contributed by atoms with Crippen LogP contribution in [0, 0.1) is 5.92 Å². The Labute approximate surface area is 131 Å². The van der Waals surface area contributed by atoms with Crippen LogP contribution in [0.5, 0.6) is 0 Å². The van der Waals surface area contributed by atoms with Crippen LogP contribution in [-0.4, -0.2) is 42.8 Å². The fourth-order valence-electron chi connectivity index (χ4n) is 4.47. The molecular formula is C18H36N2O. The molecule has 2 fully saturated rings. The third-order valence-corrected chi connectivity index (χ3v) is 5.59. The van der Waals surface area contributed by atoms with E-state index >= 15 is 0 Å². The Kier molecular flexibility index (Phi) is 6.97. The SMILES string of the molecule is CCCN(CCCC1CCCO1)C1(CN)CCCC(C)C1. The molecule has 2 rings (SSSR count). The van der Waals surface area contributed by atoms with Crippen molar-refractivity contribution in [2.24, 2.45) is 11.7 Å². The zero-order valence-corrected chi connectivity index (χ0v) is 14.3. The molecule has 124 valence electrons. The van der Waals surface area contributed by atoms with Gasteiger partial charge < -0.3 is 10.5 Å². The lowest BCUT2D eigenvalue weighted by atomic mass is 9.75. The number of hydrogen-bond acceptors (Lipinski definition) is 3. The topological polar surface area (TPSA) is 38.5 Å². The summed E-state index contributed by atoms with van der Waals surface area (Å²) in [6, 6.07) is 0. The second-order valence-corrected chi connectivity index (χ2v) is 7.39. The summed E-state index contributed by atoms with van der Waals surface area (Å²) in [6.07, 6.45) is 12.1. The van der Waals surface area contributed by atoms with Gasteiger partial charge in [-0.25, -0.2) is 0 Å². The van der Waals surface area contributed by atoms with Crippen LogP contribution in [0.4, 0.5) is 0 Å². The minimum absolute atomic E-state index is 0.282. The lowest BCUT2D eigenvalue weighted by Crippen LogP contribution is -2.56. The Morgan fingerprint density at radius 3 is 2.71 bits per heavy atom. The highest BCUT2D eigenvalue weighted by molar-refractivity contribution is 4.96. The Morgan fingerprint density at radius 1 is 1.24 bits per heavy atom. The Bertz CT molecular complexity index is 291. The zero-order valence-electron chi connectivity index (χ0n) is 14.3. The largest absolute Gasteiger partial charge is 0.378 e. The molecule has 0 amide bonds. The molecule has 3 nitrogen and oxygen atoms in total. The van der Waals surface area contributed by atoms with Gasteiger partial charge in [0.1, 0.15) is 0 Å². The third kappa shape index (κ3) is 4.67. The smallest absolute Gasteiger partial charge is 0.0576 e. The summed E-state index contributed by atoms with van der Waals surface area (Å²) in [4.78, 5) is 2.73. The van der Waals surface area contributed by atoms with Crippen LogP contribution in [0.25, 0.3) is 0 Å². The fourth-order valence-corrected chi connectivity index (χ4v) is 4.47. The molecule has 3 unspecified atom stereocenters. The van der Waals surface area contributed by atoms with E-state index < -0.39 is 0 Å². The van der Waals surface area contributed by atoms with Crippen LogP contribution in [0.3, 0.4) is 0 Å². The van der Waals surface area contributed by atoms with E-state index in [1.54, 1.807) is 0 Å². The van der Waals surface area contributed by atoms with Gasteiger partial charge >= 0.3 is 0 Å². The van der Waals surface area contributed by atoms with Gasteiger partial charge in [-0.2, -0.15) is 0 Å². The summed E-state index contributed by atoms with van der Waals surface area (Å²) in [5.41, 5.74) is 6.54. The fraction of sp³-hybridized carbons (Fsp3) is 1.00. The molecule has 2 N–H and O–H groups in total. The van der Waals surface area contributed by atoms with Crippen molar-refractivity contribution < 1.29 is 4.74 Å². The van der Waals surface area contributed by atoms with Gasteiger partial charge in [0.2, 0.25) is 0 Å². The monoisotopic (exact) mass is 296 g/mol. The molecule has 1 heterocycles. The average molecular weight is 296 g/mol. The van der Waals surface area contributed by atoms with E-state index in [1.807, 2.05) is 0 Å². The van der Waals surface area contributed by atoms with Gasteiger partial charge in [-0.3, -0.25) is 4.90 Å². The summed E-state index contributed by atoms with van der Waals surface area (Å²) >= 11 is 0. The summed E-state index contributed by atoms with van der Waals surface area (Å²) in [7, 11) is 0. The maximum Gasteiger partial charge on any atom is 0.0576 e. The highest BCUT2D eigenvalue weighted by atomic mass is 16.5. The van der Waals surface area contributed by atoms with Crippen molar-refractivity contribution in [2.75, 3.05) is 26.2 Å².